The second-order valence-electron chi connectivity index (χ2n) is 6.73. The maximum atomic E-state index is 2.72. The van der Waals surface area contributed by atoms with Crippen LogP contribution >= 0.6 is 0 Å². The number of hydrogen-bond acceptors (Lipinski definition) is 1. The first kappa shape index (κ1) is 12.4. The predicted molar refractivity (Wildman–Crippen MR) is 69.4 cm³/mol. The van der Waals surface area contributed by atoms with E-state index in [-0.39, 0.29) is 0 Å². The van der Waals surface area contributed by atoms with E-state index < -0.39 is 0 Å². The number of quaternary nitrogens is 1. The minimum Gasteiger partial charge on any atom is -0.328 e. The van der Waals surface area contributed by atoms with Gasteiger partial charge in [0.05, 0.1) is 27.2 Å². The summed E-state index contributed by atoms with van der Waals surface area (Å²) in [5.74, 6) is 1.87. The molecule has 2 nitrogen and oxygen atoms in total. The molecule has 0 bridgehead atoms. The Kier molecular flexibility index (Phi) is 3.91. The van der Waals surface area contributed by atoms with Crippen LogP contribution in [0.15, 0.2) is 0 Å². The van der Waals surface area contributed by atoms with Gasteiger partial charge >= 0.3 is 0 Å². The van der Waals surface area contributed by atoms with Crippen molar-refractivity contribution < 1.29 is 4.48 Å². The summed E-state index contributed by atoms with van der Waals surface area (Å²) in [6, 6.07) is 0. The van der Waals surface area contributed by atoms with Crippen LogP contribution in [0.1, 0.15) is 32.6 Å². The Morgan fingerprint density at radius 1 is 1.12 bits per heavy atom. The normalized spacial score (nSPS) is 36.2. The topological polar surface area (TPSA) is 3.24 Å². The lowest BCUT2D eigenvalue weighted by molar-refractivity contribution is -0.900. The largest absolute Gasteiger partial charge is 0.328 e. The van der Waals surface area contributed by atoms with Gasteiger partial charge in [0.15, 0.2) is 0 Å². The van der Waals surface area contributed by atoms with Crippen molar-refractivity contribution in [2.75, 3.05) is 46.8 Å². The average molecular weight is 225 g/mol. The van der Waals surface area contributed by atoms with Crippen molar-refractivity contribution in [3.63, 3.8) is 0 Å². The second kappa shape index (κ2) is 5.05. The third-order valence-electron chi connectivity index (χ3n) is 4.63. The monoisotopic (exact) mass is 225 g/mol. The van der Waals surface area contributed by atoms with E-state index >= 15 is 0 Å². The molecular formula is C14H29N2+. The molecule has 2 aliphatic rings. The van der Waals surface area contributed by atoms with E-state index in [1.165, 1.54) is 62.9 Å². The number of hydrogen-bond donors (Lipinski definition) is 0. The van der Waals surface area contributed by atoms with E-state index in [0.717, 1.165) is 11.8 Å². The van der Waals surface area contributed by atoms with Gasteiger partial charge in [-0.05, 0) is 31.8 Å². The molecule has 0 aliphatic carbocycles. The Morgan fingerprint density at radius 2 is 1.81 bits per heavy atom. The van der Waals surface area contributed by atoms with Crippen molar-refractivity contribution in [3.8, 4) is 0 Å². The molecule has 0 aromatic carbocycles. The quantitative estimate of drug-likeness (QED) is 0.651. The fourth-order valence-electron chi connectivity index (χ4n) is 3.56. The fraction of sp³-hybridized carbons (Fsp3) is 1.00. The molecule has 2 atom stereocenters. The second-order valence-corrected chi connectivity index (χ2v) is 6.73. The lowest BCUT2D eigenvalue weighted by Crippen LogP contribution is -2.52. The Bertz CT molecular complexity index is 219. The van der Waals surface area contributed by atoms with Gasteiger partial charge in [-0.1, -0.05) is 13.3 Å². The number of likely N-dealkylation sites (tertiary alicyclic amines) is 2. The Morgan fingerprint density at radius 3 is 2.44 bits per heavy atom. The summed E-state index contributed by atoms with van der Waals surface area (Å²) in [4.78, 5) is 2.72. The summed E-state index contributed by atoms with van der Waals surface area (Å²) < 4.78 is 1.23. The molecule has 2 heterocycles. The zero-order chi connectivity index (χ0) is 11.6. The minimum atomic E-state index is 0.908. The molecule has 16 heavy (non-hydrogen) atoms. The van der Waals surface area contributed by atoms with Crippen LogP contribution in [0.4, 0.5) is 0 Å². The first-order valence-electron chi connectivity index (χ1n) is 7.11. The summed E-state index contributed by atoms with van der Waals surface area (Å²) >= 11 is 0. The van der Waals surface area contributed by atoms with Gasteiger partial charge in [0.1, 0.15) is 0 Å². The van der Waals surface area contributed by atoms with Gasteiger partial charge < -0.3 is 9.38 Å². The number of rotatable bonds is 2. The third kappa shape index (κ3) is 3.21. The van der Waals surface area contributed by atoms with Crippen LogP contribution in [0, 0.1) is 11.8 Å². The molecule has 0 radical (unpaired) electrons. The van der Waals surface area contributed by atoms with Gasteiger partial charge in [0, 0.05) is 18.9 Å². The fourth-order valence-corrected chi connectivity index (χ4v) is 3.56. The van der Waals surface area contributed by atoms with Crippen LogP contribution in [-0.2, 0) is 0 Å². The molecule has 2 heteroatoms. The molecule has 2 rings (SSSR count). The van der Waals surface area contributed by atoms with Gasteiger partial charge in [0.2, 0.25) is 0 Å². The standard InChI is InChI=1S/C14H29N2/c1-13-12-16(2,3)10-7-14(13)11-15-8-5-4-6-9-15/h13-14H,4-12H2,1-3H3/q+1. The molecule has 2 unspecified atom stereocenters. The summed E-state index contributed by atoms with van der Waals surface area (Å²) in [5, 5.41) is 0. The maximum Gasteiger partial charge on any atom is 0.0811 e. The van der Waals surface area contributed by atoms with Crippen LogP contribution in [-0.4, -0.2) is 56.2 Å². The molecule has 2 fully saturated rings. The van der Waals surface area contributed by atoms with E-state index in [1.54, 1.807) is 0 Å². The van der Waals surface area contributed by atoms with Gasteiger partial charge in [0.25, 0.3) is 0 Å². The van der Waals surface area contributed by atoms with Crippen molar-refractivity contribution in [2.24, 2.45) is 11.8 Å². The molecule has 0 aromatic rings. The van der Waals surface area contributed by atoms with Crippen molar-refractivity contribution in [1.29, 1.82) is 0 Å². The summed E-state index contributed by atoms with van der Waals surface area (Å²) in [6.45, 7) is 9.32. The van der Waals surface area contributed by atoms with Crippen molar-refractivity contribution in [1.82, 2.24) is 4.90 Å². The van der Waals surface area contributed by atoms with E-state index in [1.807, 2.05) is 0 Å². The van der Waals surface area contributed by atoms with Crippen LogP contribution < -0.4 is 0 Å². The highest BCUT2D eigenvalue weighted by molar-refractivity contribution is 4.76. The maximum absolute atomic E-state index is 2.72. The molecule has 0 saturated carbocycles. The minimum absolute atomic E-state index is 0.908. The smallest absolute Gasteiger partial charge is 0.0811 e. The van der Waals surface area contributed by atoms with E-state index in [0.29, 0.717) is 0 Å². The average Bonchev–Trinajstić information content (AvgIpc) is 2.23. The van der Waals surface area contributed by atoms with Crippen LogP contribution in [0.5, 0.6) is 0 Å². The zero-order valence-electron chi connectivity index (χ0n) is 11.4. The molecule has 0 spiro atoms. The number of nitrogens with zero attached hydrogens (tertiary/aromatic N) is 2. The Balaban J connectivity index is 1.81. The highest BCUT2D eigenvalue weighted by Crippen LogP contribution is 2.27. The highest BCUT2D eigenvalue weighted by atomic mass is 15.3. The van der Waals surface area contributed by atoms with Gasteiger partial charge in [-0.25, -0.2) is 0 Å². The van der Waals surface area contributed by atoms with Crippen molar-refractivity contribution >= 4 is 0 Å². The SMILES string of the molecule is CC1C[N+](C)(C)CCC1CN1CCCCC1. The third-order valence-corrected chi connectivity index (χ3v) is 4.63. The first-order valence-corrected chi connectivity index (χ1v) is 7.11. The van der Waals surface area contributed by atoms with E-state index in [4.69, 9.17) is 0 Å². The number of piperidine rings is 2. The van der Waals surface area contributed by atoms with Crippen LogP contribution in [0.3, 0.4) is 0 Å². The molecular weight excluding hydrogens is 196 g/mol. The molecule has 0 aromatic heterocycles. The van der Waals surface area contributed by atoms with Crippen molar-refractivity contribution in [3.05, 3.63) is 0 Å². The first-order chi connectivity index (χ1) is 7.57. The molecule has 2 saturated heterocycles. The summed E-state index contributed by atoms with van der Waals surface area (Å²) in [7, 11) is 4.77. The lowest BCUT2D eigenvalue weighted by atomic mass is 9.85. The van der Waals surface area contributed by atoms with Crippen LogP contribution in [0.25, 0.3) is 0 Å². The van der Waals surface area contributed by atoms with E-state index in [9.17, 15) is 0 Å². The van der Waals surface area contributed by atoms with Crippen molar-refractivity contribution in [2.45, 2.75) is 32.6 Å². The molecule has 2 aliphatic heterocycles. The molecule has 94 valence electrons. The summed E-state index contributed by atoms with van der Waals surface area (Å²) in [6.07, 6.45) is 5.76. The molecule has 0 amide bonds. The Hall–Kier alpha value is -0.0800. The highest BCUT2D eigenvalue weighted by Gasteiger charge is 2.33. The summed E-state index contributed by atoms with van der Waals surface area (Å²) in [5.41, 5.74) is 0. The van der Waals surface area contributed by atoms with Gasteiger partial charge in [-0.3, -0.25) is 0 Å². The van der Waals surface area contributed by atoms with Gasteiger partial charge in [-0.15, -0.1) is 0 Å². The van der Waals surface area contributed by atoms with E-state index in [2.05, 4.69) is 25.9 Å². The van der Waals surface area contributed by atoms with Crippen LogP contribution in [0.2, 0.25) is 0 Å². The lowest BCUT2D eigenvalue weighted by Gasteiger charge is -2.43. The predicted octanol–water partition coefficient (Wildman–Crippen LogP) is 2.20. The molecule has 0 N–H and O–H groups in total. The zero-order valence-corrected chi connectivity index (χ0v) is 11.4. The van der Waals surface area contributed by atoms with Gasteiger partial charge in [-0.2, -0.15) is 0 Å². The Labute approximate surface area is 101 Å².